The fraction of sp³-hybridized carbons (Fsp3) is 0.293. The molecule has 12 nitrogen and oxygen atoms in total. The van der Waals surface area contributed by atoms with Crippen LogP contribution in [-0.2, 0) is 30.8 Å². The molecular formula is C41H33Cl3F3N5O7. The number of alkyl halides is 3. The minimum Gasteiger partial charge on any atom is -0.508 e. The third kappa shape index (κ3) is 6.24. The highest BCUT2D eigenvalue weighted by Crippen LogP contribution is 2.65. The van der Waals surface area contributed by atoms with Crippen molar-refractivity contribution in [3.05, 3.63) is 116 Å². The molecule has 6 atom stereocenters. The van der Waals surface area contributed by atoms with E-state index in [9.17, 15) is 32.7 Å². The number of anilines is 2. The summed E-state index contributed by atoms with van der Waals surface area (Å²) in [4.78, 5) is 63.1. The van der Waals surface area contributed by atoms with Crippen LogP contribution >= 0.6 is 34.8 Å². The van der Waals surface area contributed by atoms with Gasteiger partial charge >= 0.3 is 6.18 Å². The van der Waals surface area contributed by atoms with Crippen LogP contribution in [0.3, 0.4) is 0 Å². The summed E-state index contributed by atoms with van der Waals surface area (Å²) in [7, 11) is 4.12. The minimum absolute atomic E-state index is 0.0236. The molecule has 2 N–H and O–H groups in total. The molecule has 0 unspecified atom stereocenters. The number of imide groups is 2. The molecule has 4 amide bonds. The number of hydrazine groups is 2. The van der Waals surface area contributed by atoms with Gasteiger partial charge in [0, 0.05) is 23.6 Å². The molecule has 2 saturated heterocycles. The summed E-state index contributed by atoms with van der Waals surface area (Å²) >= 11 is 19.0. The van der Waals surface area contributed by atoms with Crippen LogP contribution in [0.2, 0.25) is 15.1 Å². The molecule has 3 fully saturated rings. The van der Waals surface area contributed by atoms with Crippen molar-refractivity contribution in [3.63, 3.8) is 0 Å². The van der Waals surface area contributed by atoms with E-state index in [1.807, 2.05) is 0 Å². The predicted molar refractivity (Wildman–Crippen MR) is 210 cm³/mol. The van der Waals surface area contributed by atoms with E-state index in [1.54, 1.807) is 36.4 Å². The zero-order chi connectivity index (χ0) is 42.3. The summed E-state index contributed by atoms with van der Waals surface area (Å²) in [6.07, 6.45) is -3.25. The second-order valence-electron chi connectivity index (χ2n) is 14.6. The summed E-state index contributed by atoms with van der Waals surface area (Å²) < 4.78 is 52.2. The first-order chi connectivity index (χ1) is 28.0. The van der Waals surface area contributed by atoms with Crippen molar-refractivity contribution < 1.29 is 46.9 Å². The van der Waals surface area contributed by atoms with E-state index in [4.69, 9.17) is 44.3 Å². The van der Waals surface area contributed by atoms with Gasteiger partial charge in [0.25, 0.3) is 23.6 Å². The van der Waals surface area contributed by atoms with Crippen LogP contribution in [0.4, 0.5) is 24.7 Å². The molecule has 4 aliphatic rings. The Morgan fingerprint density at radius 2 is 1.56 bits per heavy atom. The Balaban J connectivity index is 1.31. The van der Waals surface area contributed by atoms with Crippen LogP contribution in [0.15, 0.2) is 84.4 Å². The first-order valence-corrected chi connectivity index (χ1v) is 19.3. The van der Waals surface area contributed by atoms with E-state index in [0.717, 1.165) is 21.1 Å². The molecule has 0 spiro atoms. The minimum atomic E-state index is -4.85. The number of rotatable bonds is 8. The average Bonchev–Trinajstić information content (AvgIpc) is 3.59. The van der Waals surface area contributed by atoms with E-state index in [0.29, 0.717) is 33.7 Å². The van der Waals surface area contributed by atoms with Crippen LogP contribution < -0.4 is 19.9 Å². The van der Waals surface area contributed by atoms with E-state index in [2.05, 4.69) is 10.4 Å². The summed E-state index contributed by atoms with van der Waals surface area (Å²) in [6.45, 7) is 0. The number of carbonyl (C=O) groups excluding carboxylic acids is 4. The van der Waals surface area contributed by atoms with Crippen molar-refractivity contribution in [2.45, 2.75) is 30.4 Å². The highest BCUT2D eigenvalue weighted by molar-refractivity contribution is 6.36. The van der Waals surface area contributed by atoms with Crippen molar-refractivity contribution in [1.29, 1.82) is 0 Å². The first kappa shape index (κ1) is 40.3. The summed E-state index contributed by atoms with van der Waals surface area (Å²) in [6, 6.07) is 17.2. The number of amides is 4. The van der Waals surface area contributed by atoms with Crippen LogP contribution in [0, 0.1) is 23.7 Å². The number of nitrogens with one attached hydrogen (secondary N) is 1. The number of allylic oxidation sites excluding steroid dienone is 2. The Morgan fingerprint density at radius 3 is 2.22 bits per heavy atom. The van der Waals surface area contributed by atoms with Crippen molar-refractivity contribution in [2.75, 3.05) is 31.7 Å². The van der Waals surface area contributed by atoms with Gasteiger partial charge in [-0.15, -0.1) is 0 Å². The third-order valence-electron chi connectivity index (χ3n) is 11.8. The monoisotopic (exact) mass is 869 g/mol. The SMILES string of the molecule is COc1ccc([C@@]23C(=O)N(Nc4ccc(Cl)cc4Cl)C(=O)[C@@H]2C[C@@H]2C(=CC[C@@H]4C(=O)N(N(C)c5nc(C(F)(F)F)ccc5Cl)C(=O)[C@@H]42)[C@@H]3c2cc(OC)ccc2O)cc1. The van der Waals surface area contributed by atoms with Crippen LogP contribution in [0.5, 0.6) is 17.2 Å². The molecular weight excluding hydrogens is 838 g/mol. The molecule has 18 heteroatoms. The highest BCUT2D eigenvalue weighted by Gasteiger charge is 2.71. The smallest absolute Gasteiger partial charge is 0.433 e. The van der Waals surface area contributed by atoms with E-state index in [1.165, 1.54) is 51.6 Å². The molecule has 4 aromatic rings. The molecule has 3 heterocycles. The van der Waals surface area contributed by atoms with Crippen LogP contribution in [0.1, 0.15) is 35.6 Å². The lowest BCUT2D eigenvalue weighted by Crippen LogP contribution is -2.53. The quantitative estimate of drug-likeness (QED) is 0.133. The first-order valence-electron chi connectivity index (χ1n) is 18.2. The zero-order valence-electron chi connectivity index (χ0n) is 31.3. The number of halogens is 6. The van der Waals surface area contributed by atoms with Crippen molar-refractivity contribution in [1.82, 2.24) is 15.0 Å². The van der Waals surface area contributed by atoms with Crippen LogP contribution in [0.25, 0.3) is 0 Å². The second kappa shape index (κ2) is 14.6. The molecule has 1 saturated carbocycles. The number of benzene rings is 3. The number of carbonyl (C=O) groups is 4. The number of aromatic hydroxyl groups is 1. The number of phenolic OH excluding ortho intramolecular Hbond substituents is 1. The fourth-order valence-electron chi connectivity index (χ4n) is 9.27. The lowest BCUT2D eigenvalue weighted by atomic mass is 9.49. The Bertz CT molecular complexity index is 2470. The number of hydrogen-bond donors (Lipinski definition) is 2. The lowest BCUT2D eigenvalue weighted by molar-refractivity contribution is -0.142. The van der Waals surface area contributed by atoms with Gasteiger partial charge in [0.1, 0.15) is 22.9 Å². The normalized spacial score (nSPS) is 25.0. The zero-order valence-corrected chi connectivity index (χ0v) is 33.5. The average molecular weight is 871 g/mol. The number of ether oxygens (including phenoxy) is 2. The molecule has 3 aromatic carbocycles. The predicted octanol–water partition coefficient (Wildman–Crippen LogP) is 7.82. The Hall–Kier alpha value is -5.51. The molecule has 0 radical (unpaired) electrons. The maximum absolute atomic E-state index is 15.5. The number of methoxy groups -OCH3 is 2. The molecule has 1 aromatic heterocycles. The van der Waals surface area contributed by atoms with Gasteiger partial charge in [0.05, 0.1) is 53.1 Å². The van der Waals surface area contributed by atoms with Gasteiger partial charge in [0.15, 0.2) is 5.82 Å². The fourth-order valence-corrected chi connectivity index (χ4v) is 9.95. The van der Waals surface area contributed by atoms with E-state index in [-0.39, 0.29) is 39.9 Å². The van der Waals surface area contributed by atoms with Crippen molar-refractivity contribution >= 4 is 69.9 Å². The lowest BCUT2D eigenvalue weighted by Gasteiger charge is -2.50. The summed E-state index contributed by atoms with van der Waals surface area (Å²) in [5.41, 5.74) is 1.11. The highest BCUT2D eigenvalue weighted by atomic mass is 35.5. The Morgan fingerprint density at radius 1 is 0.864 bits per heavy atom. The maximum atomic E-state index is 15.5. The second-order valence-corrected chi connectivity index (χ2v) is 15.9. The molecule has 8 rings (SSSR count). The molecule has 2 aliphatic heterocycles. The number of fused-ring (bicyclic) bond motifs is 4. The Labute approximate surface area is 350 Å². The standard InChI is InChI=1S/C41H33Cl3F3N5O7/c1-50(35-28(43)12-15-32(48-35)41(45,46)47)52-36(54)24-11-10-23-25(33(24)38(52)56)18-27-37(55)51(49-30-13-6-20(42)16-29(30)44)39(57)40(27,19-4-7-21(58-2)8-5-19)34(23)26-17-22(59-3)9-14-31(26)53/h4-10,12-17,24-25,27,33-34,49,53H,11,18H2,1-3H3/t24-,25+,27-,33-,34+,40+/m0/s1. The third-order valence-corrected chi connectivity index (χ3v) is 12.7. The van der Waals surface area contributed by atoms with Gasteiger partial charge in [-0.1, -0.05) is 58.6 Å². The van der Waals surface area contributed by atoms with Crippen LogP contribution in [-0.4, -0.2) is 65.0 Å². The van der Waals surface area contributed by atoms with E-state index < -0.39 is 76.3 Å². The number of pyridine rings is 1. The largest absolute Gasteiger partial charge is 0.508 e. The number of aromatic nitrogens is 1. The van der Waals surface area contributed by atoms with E-state index >= 15 is 4.79 Å². The Kier molecular flexibility index (Phi) is 10.00. The van der Waals surface area contributed by atoms with Gasteiger partial charge in [-0.2, -0.15) is 23.2 Å². The molecule has 59 heavy (non-hydrogen) atoms. The summed E-state index contributed by atoms with van der Waals surface area (Å²) in [5, 5.41) is 14.4. The molecule has 2 aliphatic carbocycles. The molecule has 0 bridgehead atoms. The molecule has 306 valence electrons. The van der Waals surface area contributed by atoms with Gasteiger partial charge in [-0.3, -0.25) is 29.6 Å². The van der Waals surface area contributed by atoms with Crippen molar-refractivity contribution in [3.8, 4) is 17.2 Å². The summed E-state index contributed by atoms with van der Waals surface area (Å²) in [5.74, 6) is -8.21. The van der Waals surface area contributed by atoms with Crippen molar-refractivity contribution in [2.24, 2.45) is 23.7 Å². The maximum Gasteiger partial charge on any atom is 0.433 e. The van der Waals surface area contributed by atoms with Gasteiger partial charge < -0.3 is 14.6 Å². The number of nitrogens with zero attached hydrogens (tertiary/aromatic N) is 4. The van der Waals surface area contributed by atoms with Gasteiger partial charge in [-0.25, -0.2) is 4.98 Å². The number of hydrogen-bond acceptors (Lipinski definition) is 10. The van der Waals surface area contributed by atoms with Gasteiger partial charge in [0.2, 0.25) is 0 Å². The van der Waals surface area contributed by atoms with Gasteiger partial charge in [-0.05, 0) is 85.0 Å². The number of phenols is 1. The topological polar surface area (TPSA) is 142 Å².